The van der Waals surface area contributed by atoms with E-state index in [-0.39, 0.29) is 35.7 Å². The number of aromatic nitrogens is 3. The van der Waals surface area contributed by atoms with Crippen molar-refractivity contribution in [2.24, 2.45) is 0 Å². The second kappa shape index (κ2) is 14.2. The van der Waals surface area contributed by atoms with Crippen LogP contribution in [0.2, 0.25) is 0 Å². The van der Waals surface area contributed by atoms with Gasteiger partial charge in [0.2, 0.25) is 0 Å². The predicted molar refractivity (Wildman–Crippen MR) is 187 cm³/mol. The molecule has 2 aromatic carbocycles. The number of H-pyrrole nitrogens is 1. The lowest BCUT2D eigenvalue weighted by molar-refractivity contribution is 0.257. The van der Waals surface area contributed by atoms with Gasteiger partial charge in [-0.25, -0.2) is 9.78 Å². The highest BCUT2D eigenvalue weighted by molar-refractivity contribution is 6.04. The van der Waals surface area contributed by atoms with Crippen molar-refractivity contribution in [3.05, 3.63) is 124 Å². The Hall–Kier alpha value is -5.24. The summed E-state index contributed by atoms with van der Waals surface area (Å²) in [5.74, 6) is 0.995. The Morgan fingerprint density at radius 1 is 0.913 bits per heavy atom. The molecule has 2 amide bonds. The molecule has 0 aliphatic rings. The lowest BCUT2D eigenvalue weighted by Gasteiger charge is -2.26. The van der Waals surface area contributed by atoms with Gasteiger partial charge < -0.3 is 15.0 Å². The van der Waals surface area contributed by atoms with Crippen LogP contribution in [-0.2, 0) is 6.61 Å². The van der Waals surface area contributed by atoms with E-state index < -0.39 is 0 Å². The minimum Gasteiger partial charge on any atom is -0.489 e. The summed E-state index contributed by atoms with van der Waals surface area (Å²) in [4.78, 5) is 40.0. The smallest absolute Gasteiger partial charge is 0.326 e. The summed E-state index contributed by atoms with van der Waals surface area (Å²) in [7, 11) is 0. The fourth-order valence-corrected chi connectivity index (χ4v) is 5.28. The molecule has 0 saturated heterocycles. The van der Waals surface area contributed by atoms with Crippen molar-refractivity contribution >= 4 is 28.4 Å². The highest BCUT2D eigenvalue weighted by Crippen LogP contribution is 2.38. The van der Waals surface area contributed by atoms with Crippen LogP contribution in [0.4, 0.5) is 16.2 Å². The van der Waals surface area contributed by atoms with Crippen molar-refractivity contribution in [3.8, 4) is 16.9 Å². The third-order valence-corrected chi connectivity index (χ3v) is 7.81. The average Bonchev–Trinajstić information content (AvgIpc) is 3.04. The van der Waals surface area contributed by atoms with Gasteiger partial charge in [0.15, 0.2) is 0 Å². The molecule has 0 fully saturated rings. The summed E-state index contributed by atoms with van der Waals surface area (Å²) in [5, 5.41) is 3.97. The molecule has 236 valence electrons. The maximum absolute atomic E-state index is 14.1. The number of benzene rings is 2. The second-order valence-electron chi connectivity index (χ2n) is 12.3. The maximum Gasteiger partial charge on any atom is 0.326 e. The standard InChI is InChI=1S/C38H41N5O3/c1-24(2)14-18-43(34-22-29-10-8-15-40-36(29)42-37(34)44)38(45)41-35-32(25(3)4)20-30(21-33(35)26(5)6)28-9-7-11-31(19-28)46-23-27-12-16-39-17-13-27/h7-17,19-22,25-26H,18,23H2,1-6H3,(H,41,45)(H,40,42,44). The van der Waals surface area contributed by atoms with Crippen molar-refractivity contribution in [1.82, 2.24) is 15.0 Å². The first-order valence-electron chi connectivity index (χ1n) is 15.6. The number of hydrogen-bond acceptors (Lipinski definition) is 5. The lowest BCUT2D eigenvalue weighted by atomic mass is 9.88. The van der Waals surface area contributed by atoms with Gasteiger partial charge in [0.25, 0.3) is 5.56 Å². The Labute approximate surface area is 270 Å². The molecule has 0 aliphatic heterocycles. The zero-order chi connectivity index (χ0) is 32.8. The van der Waals surface area contributed by atoms with E-state index >= 15 is 0 Å². The van der Waals surface area contributed by atoms with Gasteiger partial charge in [-0.2, -0.15) is 0 Å². The maximum atomic E-state index is 14.1. The lowest BCUT2D eigenvalue weighted by Crippen LogP contribution is -2.39. The number of fused-ring (bicyclic) bond motifs is 1. The third-order valence-electron chi connectivity index (χ3n) is 7.81. The van der Waals surface area contributed by atoms with Crippen LogP contribution < -0.4 is 20.5 Å². The molecule has 8 heteroatoms. The summed E-state index contributed by atoms with van der Waals surface area (Å²) in [6, 6.07) is 21.2. The number of rotatable bonds is 10. The molecular weight excluding hydrogens is 574 g/mol. The van der Waals surface area contributed by atoms with Gasteiger partial charge in [0, 0.05) is 36.2 Å². The van der Waals surface area contributed by atoms with Crippen LogP contribution in [-0.4, -0.2) is 27.5 Å². The van der Waals surface area contributed by atoms with Crippen molar-refractivity contribution < 1.29 is 9.53 Å². The van der Waals surface area contributed by atoms with E-state index in [0.29, 0.717) is 12.3 Å². The van der Waals surface area contributed by atoms with Crippen molar-refractivity contribution in [1.29, 1.82) is 0 Å². The monoisotopic (exact) mass is 615 g/mol. The van der Waals surface area contributed by atoms with Crippen LogP contribution in [0.3, 0.4) is 0 Å². The largest absolute Gasteiger partial charge is 0.489 e. The van der Waals surface area contributed by atoms with E-state index in [1.54, 1.807) is 30.7 Å². The van der Waals surface area contributed by atoms with Crippen molar-refractivity contribution in [3.63, 3.8) is 0 Å². The van der Waals surface area contributed by atoms with Crippen molar-refractivity contribution in [2.45, 2.75) is 60.0 Å². The molecule has 0 aliphatic carbocycles. The Kier molecular flexibility index (Phi) is 9.96. The Bertz CT molecular complexity index is 1900. The van der Waals surface area contributed by atoms with Crippen LogP contribution in [0.15, 0.2) is 102 Å². The topological polar surface area (TPSA) is 100 Å². The number of hydrogen-bond donors (Lipinski definition) is 2. The third kappa shape index (κ3) is 7.51. The first-order valence-corrected chi connectivity index (χ1v) is 15.6. The number of nitrogens with one attached hydrogen (secondary N) is 2. The van der Waals surface area contributed by atoms with Crippen LogP contribution >= 0.6 is 0 Å². The molecule has 46 heavy (non-hydrogen) atoms. The number of carbonyl (C=O) groups excluding carboxylic acids is 1. The molecule has 5 rings (SSSR count). The molecule has 0 radical (unpaired) electrons. The zero-order valence-electron chi connectivity index (χ0n) is 27.3. The first kappa shape index (κ1) is 32.2. The van der Waals surface area contributed by atoms with Gasteiger partial charge in [-0.3, -0.25) is 14.7 Å². The summed E-state index contributed by atoms with van der Waals surface area (Å²) >= 11 is 0. The van der Waals surface area contributed by atoms with Gasteiger partial charge in [-0.1, -0.05) is 51.5 Å². The van der Waals surface area contributed by atoms with E-state index in [1.165, 1.54) is 4.90 Å². The Morgan fingerprint density at radius 2 is 1.63 bits per heavy atom. The number of anilines is 2. The first-order chi connectivity index (χ1) is 22.1. The molecule has 0 unspecified atom stereocenters. The zero-order valence-corrected chi connectivity index (χ0v) is 27.3. The van der Waals surface area contributed by atoms with E-state index in [0.717, 1.165) is 50.2 Å². The van der Waals surface area contributed by atoms with Gasteiger partial charge in [0.05, 0.1) is 0 Å². The number of urea groups is 1. The molecule has 0 atom stereocenters. The minimum atomic E-state index is -0.380. The predicted octanol–water partition coefficient (Wildman–Crippen LogP) is 8.82. The number of aromatic amines is 1. The average molecular weight is 616 g/mol. The van der Waals surface area contributed by atoms with Gasteiger partial charge in [0.1, 0.15) is 23.7 Å². The molecule has 5 aromatic rings. The quantitative estimate of drug-likeness (QED) is 0.153. The number of pyridine rings is 3. The van der Waals surface area contributed by atoms with E-state index in [2.05, 4.69) is 66.2 Å². The molecule has 2 N–H and O–H groups in total. The highest BCUT2D eigenvalue weighted by Gasteiger charge is 2.24. The van der Waals surface area contributed by atoms with Crippen LogP contribution in [0, 0.1) is 0 Å². The number of amides is 2. The van der Waals surface area contributed by atoms with Crippen LogP contribution in [0.5, 0.6) is 5.75 Å². The summed E-state index contributed by atoms with van der Waals surface area (Å²) in [5.41, 5.74) is 7.30. The normalized spacial score (nSPS) is 11.1. The molecule has 8 nitrogen and oxygen atoms in total. The Balaban J connectivity index is 1.52. The SMILES string of the molecule is CC(C)=CCN(C(=O)Nc1c(C(C)C)cc(-c2cccc(OCc3ccncc3)c2)cc1C(C)C)c1cc2cccnc2[nH]c1=O. The van der Waals surface area contributed by atoms with Gasteiger partial charge in [-0.05, 0) is 108 Å². The minimum absolute atomic E-state index is 0.111. The molecule has 3 aromatic heterocycles. The highest BCUT2D eigenvalue weighted by atomic mass is 16.5. The molecule has 0 spiro atoms. The second-order valence-corrected chi connectivity index (χ2v) is 12.3. The number of carbonyl (C=O) groups is 1. The summed E-state index contributed by atoms with van der Waals surface area (Å²) in [6.07, 6.45) is 7.08. The molecule has 0 bridgehead atoms. The fourth-order valence-electron chi connectivity index (χ4n) is 5.28. The Morgan fingerprint density at radius 3 is 2.30 bits per heavy atom. The summed E-state index contributed by atoms with van der Waals surface area (Å²) in [6.45, 7) is 13.1. The van der Waals surface area contributed by atoms with Crippen molar-refractivity contribution in [2.75, 3.05) is 16.8 Å². The summed E-state index contributed by atoms with van der Waals surface area (Å²) < 4.78 is 6.10. The van der Waals surface area contributed by atoms with Crippen LogP contribution in [0.1, 0.15) is 70.1 Å². The number of nitrogens with zero attached hydrogens (tertiary/aromatic N) is 3. The molecule has 0 saturated carbocycles. The molecule has 3 heterocycles. The van der Waals surface area contributed by atoms with Gasteiger partial charge in [-0.15, -0.1) is 0 Å². The van der Waals surface area contributed by atoms with Crippen LogP contribution in [0.25, 0.3) is 22.2 Å². The van der Waals surface area contributed by atoms with E-state index in [1.807, 2.05) is 56.3 Å². The fraction of sp³-hybridized carbons (Fsp3) is 0.263. The van der Waals surface area contributed by atoms with E-state index in [4.69, 9.17) is 4.74 Å². The number of ether oxygens (including phenoxy) is 1. The number of allylic oxidation sites excluding steroid dienone is 1. The van der Waals surface area contributed by atoms with E-state index in [9.17, 15) is 9.59 Å². The van der Waals surface area contributed by atoms with Gasteiger partial charge >= 0.3 is 6.03 Å². The molecular formula is C38H41N5O3.